The fourth-order valence-electron chi connectivity index (χ4n) is 1.34. The molecule has 0 bridgehead atoms. The molecule has 0 radical (unpaired) electrons. The van der Waals surface area contributed by atoms with Gasteiger partial charge in [0.25, 0.3) is 0 Å². The van der Waals surface area contributed by atoms with Gasteiger partial charge in [0, 0.05) is 18.4 Å². The van der Waals surface area contributed by atoms with E-state index in [0.717, 1.165) is 18.8 Å². The highest BCUT2D eigenvalue weighted by Crippen LogP contribution is 1.99. The van der Waals surface area contributed by atoms with Crippen LogP contribution in [0.2, 0.25) is 0 Å². The standard InChI is InChI=1S/C12H20N2/c1-3-4-5-8-13-9-12-7-6-11(2)14-10-12/h6-7,10,13H,3-5,8-9H2,1-2H3. The summed E-state index contributed by atoms with van der Waals surface area (Å²) in [4.78, 5) is 4.25. The third-order valence-corrected chi connectivity index (χ3v) is 2.26. The summed E-state index contributed by atoms with van der Waals surface area (Å²) in [5.74, 6) is 0. The van der Waals surface area contributed by atoms with Crippen LogP contribution in [-0.4, -0.2) is 11.5 Å². The Bertz CT molecular complexity index is 241. The van der Waals surface area contributed by atoms with E-state index in [2.05, 4.69) is 29.4 Å². The Labute approximate surface area is 86.8 Å². The Morgan fingerprint density at radius 1 is 1.29 bits per heavy atom. The van der Waals surface area contributed by atoms with Crippen LogP contribution in [0.4, 0.5) is 0 Å². The molecule has 0 spiro atoms. The van der Waals surface area contributed by atoms with Gasteiger partial charge >= 0.3 is 0 Å². The van der Waals surface area contributed by atoms with Crippen molar-refractivity contribution in [3.63, 3.8) is 0 Å². The number of rotatable bonds is 6. The van der Waals surface area contributed by atoms with E-state index in [1.54, 1.807) is 0 Å². The first-order valence-corrected chi connectivity index (χ1v) is 5.45. The minimum Gasteiger partial charge on any atom is -0.313 e. The van der Waals surface area contributed by atoms with Gasteiger partial charge in [0.05, 0.1) is 0 Å². The van der Waals surface area contributed by atoms with Crippen molar-refractivity contribution < 1.29 is 0 Å². The lowest BCUT2D eigenvalue weighted by Gasteiger charge is -2.03. The highest BCUT2D eigenvalue weighted by molar-refractivity contribution is 5.12. The van der Waals surface area contributed by atoms with Gasteiger partial charge in [-0.15, -0.1) is 0 Å². The summed E-state index contributed by atoms with van der Waals surface area (Å²) in [5.41, 5.74) is 2.35. The van der Waals surface area contributed by atoms with Crippen molar-refractivity contribution >= 4 is 0 Å². The first-order valence-electron chi connectivity index (χ1n) is 5.45. The Hall–Kier alpha value is -0.890. The van der Waals surface area contributed by atoms with Crippen LogP contribution in [0.3, 0.4) is 0 Å². The largest absolute Gasteiger partial charge is 0.313 e. The van der Waals surface area contributed by atoms with Gasteiger partial charge in [-0.25, -0.2) is 0 Å². The number of hydrogen-bond donors (Lipinski definition) is 1. The third-order valence-electron chi connectivity index (χ3n) is 2.26. The Morgan fingerprint density at radius 3 is 2.79 bits per heavy atom. The van der Waals surface area contributed by atoms with Crippen molar-refractivity contribution in [3.05, 3.63) is 29.6 Å². The SMILES string of the molecule is CCCCCNCc1ccc(C)nc1. The maximum absolute atomic E-state index is 4.25. The van der Waals surface area contributed by atoms with Gasteiger partial charge in [-0.3, -0.25) is 4.98 Å². The summed E-state index contributed by atoms with van der Waals surface area (Å²) in [5, 5.41) is 3.42. The Morgan fingerprint density at radius 2 is 2.14 bits per heavy atom. The predicted octanol–water partition coefficient (Wildman–Crippen LogP) is 2.67. The normalized spacial score (nSPS) is 10.4. The number of pyridine rings is 1. The molecule has 0 aromatic carbocycles. The van der Waals surface area contributed by atoms with E-state index >= 15 is 0 Å². The molecule has 2 nitrogen and oxygen atoms in total. The number of aromatic nitrogens is 1. The first kappa shape index (κ1) is 11.2. The second-order valence-corrected chi connectivity index (χ2v) is 3.69. The monoisotopic (exact) mass is 192 g/mol. The zero-order chi connectivity index (χ0) is 10.2. The molecule has 78 valence electrons. The van der Waals surface area contributed by atoms with E-state index in [0.29, 0.717) is 0 Å². The molecular formula is C12H20N2. The first-order chi connectivity index (χ1) is 6.83. The average molecular weight is 192 g/mol. The molecule has 14 heavy (non-hydrogen) atoms. The van der Waals surface area contributed by atoms with Crippen LogP contribution < -0.4 is 5.32 Å². The van der Waals surface area contributed by atoms with Crippen LogP contribution in [0.25, 0.3) is 0 Å². The zero-order valence-corrected chi connectivity index (χ0v) is 9.21. The molecule has 0 aliphatic heterocycles. The molecule has 0 aliphatic rings. The molecule has 0 unspecified atom stereocenters. The van der Waals surface area contributed by atoms with Crippen molar-refractivity contribution in [2.24, 2.45) is 0 Å². The average Bonchev–Trinajstić information content (AvgIpc) is 2.21. The van der Waals surface area contributed by atoms with Crippen LogP contribution in [0.15, 0.2) is 18.3 Å². The second-order valence-electron chi connectivity index (χ2n) is 3.69. The van der Waals surface area contributed by atoms with E-state index in [1.165, 1.54) is 24.8 Å². The molecule has 0 saturated carbocycles. The quantitative estimate of drug-likeness (QED) is 0.701. The third kappa shape index (κ3) is 4.38. The van der Waals surface area contributed by atoms with E-state index in [9.17, 15) is 0 Å². The lowest BCUT2D eigenvalue weighted by Crippen LogP contribution is -2.14. The molecular weight excluding hydrogens is 172 g/mol. The summed E-state index contributed by atoms with van der Waals surface area (Å²) in [6.45, 7) is 6.29. The molecule has 0 aliphatic carbocycles. The van der Waals surface area contributed by atoms with Crippen LogP contribution in [0, 0.1) is 6.92 Å². The van der Waals surface area contributed by atoms with Gasteiger partial charge in [-0.2, -0.15) is 0 Å². The van der Waals surface area contributed by atoms with Crippen LogP contribution in [0.1, 0.15) is 37.4 Å². The summed E-state index contributed by atoms with van der Waals surface area (Å²) in [7, 11) is 0. The maximum atomic E-state index is 4.25. The lowest BCUT2D eigenvalue weighted by molar-refractivity contribution is 0.616. The van der Waals surface area contributed by atoms with Gasteiger partial charge in [-0.1, -0.05) is 25.8 Å². The minimum absolute atomic E-state index is 0.941. The molecule has 0 amide bonds. The van der Waals surface area contributed by atoms with Gasteiger partial charge in [0.15, 0.2) is 0 Å². The topological polar surface area (TPSA) is 24.9 Å². The van der Waals surface area contributed by atoms with E-state index in [1.807, 2.05) is 13.1 Å². The molecule has 1 heterocycles. The van der Waals surface area contributed by atoms with E-state index < -0.39 is 0 Å². The van der Waals surface area contributed by atoms with E-state index in [-0.39, 0.29) is 0 Å². The number of nitrogens with zero attached hydrogens (tertiary/aromatic N) is 1. The van der Waals surface area contributed by atoms with E-state index in [4.69, 9.17) is 0 Å². The van der Waals surface area contributed by atoms with Gasteiger partial charge in [0.2, 0.25) is 0 Å². The minimum atomic E-state index is 0.941. The van der Waals surface area contributed by atoms with Gasteiger partial charge in [-0.05, 0) is 31.5 Å². The number of aryl methyl sites for hydroxylation is 1. The number of nitrogens with one attached hydrogen (secondary N) is 1. The highest BCUT2D eigenvalue weighted by Gasteiger charge is 1.92. The fourth-order valence-corrected chi connectivity index (χ4v) is 1.34. The smallest absolute Gasteiger partial charge is 0.0372 e. The van der Waals surface area contributed by atoms with Crippen molar-refractivity contribution in [1.82, 2.24) is 10.3 Å². The molecule has 1 aromatic rings. The highest BCUT2D eigenvalue weighted by atomic mass is 14.8. The summed E-state index contributed by atoms with van der Waals surface area (Å²) in [6, 6.07) is 4.19. The maximum Gasteiger partial charge on any atom is 0.0372 e. The lowest BCUT2D eigenvalue weighted by atomic mass is 10.2. The summed E-state index contributed by atoms with van der Waals surface area (Å²) in [6.07, 6.45) is 5.82. The molecule has 0 atom stereocenters. The predicted molar refractivity (Wildman–Crippen MR) is 60.2 cm³/mol. The fraction of sp³-hybridized carbons (Fsp3) is 0.583. The van der Waals surface area contributed by atoms with Crippen molar-refractivity contribution in [2.45, 2.75) is 39.7 Å². The van der Waals surface area contributed by atoms with Crippen LogP contribution >= 0.6 is 0 Å². The van der Waals surface area contributed by atoms with Crippen molar-refractivity contribution in [2.75, 3.05) is 6.54 Å². The van der Waals surface area contributed by atoms with Gasteiger partial charge in [0.1, 0.15) is 0 Å². The zero-order valence-electron chi connectivity index (χ0n) is 9.21. The number of unbranched alkanes of at least 4 members (excludes halogenated alkanes) is 2. The van der Waals surface area contributed by atoms with Gasteiger partial charge < -0.3 is 5.32 Å². The Balaban J connectivity index is 2.15. The summed E-state index contributed by atoms with van der Waals surface area (Å²) < 4.78 is 0. The molecule has 0 fully saturated rings. The molecule has 1 aromatic heterocycles. The van der Waals surface area contributed by atoms with Crippen LogP contribution in [0.5, 0.6) is 0 Å². The number of hydrogen-bond acceptors (Lipinski definition) is 2. The summed E-state index contributed by atoms with van der Waals surface area (Å²) >= 11 is 0. The second kappa shape index (κ2) is 6.55. The molecule has 1 rings (SSSR count). The molecule has 0 saturated heterocycles. The Kier molecular flexibility index (Phi) is 5.23. The molecule has 2 heteroatoms. The molecule has 1 N–H and O–H groups in total. The van der Waals surface area contributed by atoms with Crippen molar-refractivity contribution in [1.29, 1.82) is 0 Å². The van der Waals surface area contributed by atoms with Crippen molar-refractivity contribution in [3.8, 4) is 0 Å². The van der Waals surface area contributed by atoms with Crippen LogP contribution in [-0.2, 0) is 6.54 Å².